The number of benzene rings is 1. The highest BCUT2D eigenvalue weighted by Gasteiger charge is 2.32. The van der Waals surface area contributed by atoms with Crippen LogP contribution in [-0.2, 0) is 4.74 Å². The van der Waals surface area contributed by atoms with Crippen molar-refractivity contribution in [2.75, 3.05) is 26.8 Å². The summed E-state index contributed by atoms with van der Waals surface area (Å²) in [5, 5.41) is 9.50. The molecule has 1 saturated heterocycles. The first-order chi connectivity index (χ1) is 9.15. The minimum Gasteiger partial charge on any atom is -0.453 e. The second-order valence-electron chi connectivity index (χ2n) is 4.81. The fourth-order valence-corrected chi connectivity index (χ4v) is 2.66. The van der Waals surface area contributed by atoms with Gasteiger partial charge in [-0.25, -0.2) is 9.18 Å². The smallest absolute Gasteiger partial charge is 0.409 e. The molecule has 0 saturated carbocycles. The molecule has 5 heteroatoms. The number of nitrogens with zero attached hydrogens (tertiary/aromatic N) is 1. The lowest BCUT2D eigenvalue weighted by Gasteiger charge is -2.37. The van der Waals surface area contributed by atoms with Gasteiger partial charge in [-0.05, 0) is 30.0 Å². The quantitative estimate of drug-likeness (QED) is 0.891. The van der Waals surface area contributed by atoms with E-state index in [1.165, 1.54) is 19.2 Å². The van der Waals surface area contributed by atoms with Crippen molar-refractivity contribution in [1.82, 2.24) is 4.90 Å². The van der Waals surface area contributed by atoms with E-state index in [2.05, 4.69) is 0 Å². The molecule has 0 spiro atoms. The zero-order chi connectivity index (χ0) is 13.8. The van der Waals surface area contributed by atoms with Crippen molar-refractivity contribution in [3.8, 4) is 0 Å². The Kier molecular flexibility index (Phi) is 4.37. The maximum absolute atomic E-state index is 12.9. The number of halogens is 1. The first-order valence-electron chi connectivity index (χ1n) is 6.35. The lowest BCUT2D eigenvalue weighted by molar-refractivity contribution is 0.0773. The fraction of sp³-hybridized carbons (Fsp3) is 0.500. The Labute approximate surface area is 111 Å². The summed E-state index contributed by atoms with van der Waals surface area (Å²) in [6.07, 6.45) is 0.377. The Morgan fingerprint density at radius 1 is 1.47 bits per heavy atom. The topological polar surface area (TPSA) is 49.8 Å². The van der Waals surface area contributed by atoms with Crippen molar-refractivity contribution in [1.29, 1.82) is 0 Å². The van der Waals surface area contributed by atoms with E-state index in [0.29, 0.717) is 13.1 Å². The maximum Gasteiger partial charge on any atom is 0.409 e. The third kappa shape index (κ3) is 3.04. The van der Waals surface area contributed by atoms with Crippen LogP contribution in [0.4, 0.5) is 9.18 Å². The van der Waals surface area contributed by atoms with E-state index < -0.39 is 0 Å². The number of hydrogen-bond donors (Lipinski definition) is 1. The number of aliphatic hydroxyl groups is 1. The zero-order valence-electron chi connectivity index (χ0n) is 10.9. The van der Waals surface area contributed by atoms with Crippen LogP contribution in [0.15, 0.2) is 24.3 Å². The molecule has 19 heavy (non-hydrogen) atoms. The van der Waals surface area contributed by atoms with Crippen LogP contribution in [0.1, 0.15) is 17.9 Å². The van der Waals surface area contributed by atoms with Gasteiger partial charge in [-0.3, -0.25) is 0 Å². The normalized spacial score (nSPS) is 23.2. The highest BCUT2D eigenvalue weighted by Crippen LogP contribution is 2.33. The van der Waals surface area contributed by atoms with Gasteiger partial charge >= 0.3 is 6.09 Å². The summed E-state index contributed by atoms with van der Waals surface area (Å²) in [7, 11) is 1.35. The predicted octanol–water partition coefficient (Wildman–Crippen LogP) is 1.99. The van der Waals surface area contributed by atoms with Gasteiger partial charge in [0.25, 0.3) is 0 Å². The SMILES string of the molecule is COC(=O)N1CC[C@H](c2ccc(F)cc2)[C@@H](CO)C1. The van der Waals surface area contributed by atoms with Gasteiger partial charge in [-0.1, -0.05) is 12.1 Å². The van der Waals surface area contributed by atoms with Crippen LogP contribution < -0.4 is 0 Å². The molecule has 1 N–H and O–H groups in total. The number of likely N-dealkylation sites (tertiary alicyclic amines) is 1. The third-order valence-electron chi connectivity index (χ3n) is 3.70. The van der Waals surface area contributed by atoms with Gasteiger partial charge in [0.2, 0.25) is 0 Å². The molecule has 0 aliphatic carbocycles. The standard InChI is InChI=1S/C14H18FNO3/c1-19-14(18)16-7-6-13(11(8-16)9-17)10-2-4-12(15)5-3-10/h2-5,11,13,17H,6-9H2,1H3/t11-,13-/m1/s1. The van der Waals surface area contributed by atoms with Crippen molar-refractivity contribution in [2.24, 2.45) is 5.92 Å². The largest absolute Gasteiger partial charge is 0.453 e. The fourth-order valence-electron chi connectivity index (χ4n) is 2.66. The molecule has 4 nitrogen and oxygen atoms in total. The van der Waals surface area contributed by atoms with Gasteiger partial charge in [-0.15, -0.1) is 0 Å². The number of methoxy groups -OCH3 is 1. The van der Waals surface area contributed by atoms with Gasteiger partial charge in [0.05, 0.1) is 7.11 Å². The summed E-state index contributed by atoms with van der Waals surface area (Å²) in [6, 6.07) is 6.35. The van der Waals surface area contributed by atoms with E-state index in [4.69, 9.17) is 4.74 Å². The molecule has 1 aliphatic rings. The molecule has 0 unspecified atom stereocenters. The Morgan fingerprint density at radius 3 is 2.74 bits per heavy atom. The van der Waals surface area contributed by atoms with Crippen LogP contribution in [0.3, 0.4) is 0 Å². The monoisotopic (exact) mass is 267 g/mol. The Hall–Kier alpha value is -1.62. The Bertz CT molecular complexity index is 435. The average Bonchev–Trinajstić information content (AvgIpc) is 2.46. The highest BCUT2D eigenvalue weighted by atomic mass is 19.1. The van der Waals surface area contributed by atoms with Gasteiger partial charge in [0.1, 0.15) is 5.82 Å². The zero-order valence-corrected chi connectivity index (χ0v) is 10.9. The van der Waals surface area contributed by atoms with Crippen LogP contribution in [0.25, 0.3) is 0 Å². The molecule has 1 aromatic rings. The molecule has 1 heterocycles. The maximum atomic E-state index is 12.9. The second kappa shape index (κ2) is 6.02. The molecule has 0 aromatic heterocycles. The van der Waals surface area contributed by atoms with Crippen molar-refractivity contribution >= 4 is 6.09 Å². The molecule has 1 aliphatic heterocycles. The van der Waals surface area contributed by atoms with Crippen LogP contribution >= 0.6 is 0 Å². The van der Waals surface area contributed by atoms with Crippen LogP contribution in [0, 0.1) is 11.7 Å². The molecule has 2 atom stereocenters. The lowest BCUT2D eigenvalue weighted by atomic mass is 9.81. The number of rotatable bonds is 2. The molecule has 0 radical (unpaired) electrons. The van der Waals surface area contributed by atoms with Gasteiger partial charge in [0, 0.05) is 25.6 Å². The summed E-state index contributed by atoms with van der Waals surface area (Å²) in [4.78, 5) is 13.1. The number of carbonyl (C=O) groups excluding carboxylic acids is 1. The van der Waals surface area contributed by atoms with Crippen molar-refractivity contribution in [2.45, 2.75) is 12.3 Å². The molecular weight excluding hydrogens is 249 g/mol. The van der Waals surface area contributed by atoms with Gasteiger partial charge < -0.3 is 14.7 Å². The minimum atomic E-state index is -0.365. The number of ether oxygens (including phenoxy) is 1. The molecule has 104 valence electrons. The average molecular weight is 267 g/mol. The van der Waals surface area contributed by atoms with Gasteiger partial charge in [0.15, 0.2) is 0 Å². The van der Waals surface area contributed by atoms with E-state index in [0.717, 1.165) is 12.0 Å². The predicted molar refractivity (Wildman–Crippen MR) is 68.3 cm³/mol. The Balaban J connectivity index is 2.11. The highest BCUT2D eigenvalue weighted by molar-refractivity contribution is 5.67. The van der Waals surface area contributed by atoms with Gasteiger partial charge in [-0.2, -0.15) is 0 Å². The molecule has 1 aromatic carbocycles. The molecule has 1 fully saturated rings. The molecule has 1 amide bonds. The van der Waals surface area contributed by atoms with Crippen molar-refractivity contribution in [3.05, 3.63) is 35.6 Å². The summed E-state index contributed by atoms with van der Waals surface area (Å²) in [5.41, 5.74) is 1.00. The van der Waals surface area contributed by atoms with Crippen LogP contribution in [0.5, 0.6) is 0 Å². The summed E-state index contributed by atoms with van der Waals surface area (Å²) < 4.78 is 17.6. The number of aliphatic hydroxyl groups excluding tert-OH is 1. The molecular formula is C14H18FNO3. The van der Waals surface area contributed by atoms with Crippen molar-refractivity contribution in [3.63, 3.8) is 0 Å². The first-order valence-corrected chi connectivity index (χ1v) is 6.35. The minimum absolute atomic E-state index is 0.00443. The summed E-state index contributed by atoms with van der Waals surface area (Å²) >= 11 is 0. The Morgan fingerprint density at radius 2 is 2.16 bits per heavy atom. The van der Waals surface area contributed by atoms with Crippen molar-refractivity contribution < 1.29 is 19.0 Å². The van der Waals surface area contributed by atoms with E-state index in [1.807, 2.05) is 0 Å². The lowest BCUT2D eigenvalue weighted by Crippen LogP contribution is -2.44. The van der Waals surface area contributed by atoms with Crippen LogP contribution in [0.2, 0.25) is 0 Å². The summed E-state index contributed by atoms with van der Waals surface area (Å²) in [5.74, 6) is -0.166. The van der Waals surface area contributed by atoms with Crippen LogP contribution in [-0.4, -0.2) is 42.9 Å². The number of hydrogen-bond acceptors (Lipinski definition) is 3. The number of amides is 1. The summed E-state index contributed by atoms with van der Waals surface area (Å²) in [6.45, 7) is 1.05. The number of carbonyl (C=O) groups is 1. The third-order valence-corrected chi connectivity index (χ3v) is 3.70. The molecule has 0 bridgehead atoms. The van der Waals surface area contributed by atoms with E-state index in [1.54, 1.807) is 17.0 Å². The first kappa shape index (κ1) is 13.8. The van der Waals surface area contributed by atoms with E-state index in [-0.39, 0.29) is 30.4 Å². The second-order valence-corrected chi connectivity index (χ2v) is 4.81. The van der Waals surface area contributed by atoms with E-state index in [9.17, 15) is 14.3 Å². The van der Waals surface area contributed by atoms with E-state index >= 15 is 0 Å². The number of piperidine rings is 1. The molecule has 2 rings (SSSR count).